The number of ether oxygens (including phenoxy) is 4. The summed E-state index contributed by atoms with van der Waals surface area (Å²) < 4.78 is 22.9. The lowest BCUT2D eigenvalue weighted by Crippen LogP contribution is -2.28. The molecule has 0 unspecified atom stereocenters. The number of fused-ring (bicyclic) bond motifs is 1. The van der Waals surface area contributed by atoms with E-state index in [1.807, 2.05) is 31.2 Å². The smallest absolute Gasteiger partial charge is 0.262 e. The van der Waals surface area contributed by atoms with E-state index in [1.165, 1.54) is 33.1 Å². The number of carbonyl (C=O) groups is 1. The van der Waals surface area contributed by atoms with E-state index in [-0.39, 0.29) is 18.0 Å². The van der Waals surface area contributed by atoms with Crippen molar-refractivity contribution in [2.75, 3.05) is 33.8 Å². The van der Waals surface area contributed by atoms with Crippen molar-refractivity contribution in [2.24, 2.45) is 0 Å². The zero-order valence-electron chi connectivity index (χ0n) is 22.8. The third-order valence-electron chi connectivity index (χ3n) is 6.25. The third-order valence-corrected chi connectivity index (χ3v) is 7.90. The minimum Gasteiger partial charge on any atom is -0.497 e. The number of halogens is 1. The maximum absolute atomic E-state index is 13.8. The van der Waals surface area contributed by atoms with Crippen molar-refractivity contribution in [3.8, 4) is 23.0 Å². The zero-order valence-corrected chi connectivity index (χ0v) is 24.4. The van der Waals surface area contributed by atoms with Crippen LogP contribution in [0.15, 0.2) is 64.5 Å². The standard InChI is InChI=1S/C29H30ClN3O6S/c1-6-26(27(34)31-18-9-12-23(37-3)21(30)13-18)40-29-32-22-15-25(39-5)24(38-4)14-20(22)28(35)33(29)16-17-7-10-19(36-2)11-8-17/h7-15,26H,6,16H2,1-5H3,(H,31,34)/t26-/m0/s1. The Balaban J connectivity index is 1.74. The largest absolute Gasteiger partial charge is 0.497 e. The predicted molar refractivity (Wildman–Crippen MR) is 158 cm³/mol. The molecular formula is C29H30ClN3O6S. The lowest BCUT2D eigenvalue weighted by Gasteiger charge is -2.19. The molecule has 40 heavy (non-hydrogen) atoms. The summed E-state index contributed by atoms with van der Waals surface area (Å²) in [4.78, 5) is 32.0. The van der Waals surface area contributed by atoms with E-state index >= 15 is 0 Å². The molecule has 0 spiro atoms. The van der Waals surface area contributed by atoms with Crippen LogP contribution in [0.2, 0.25) is 5.02 Å². The molecule has 0 aliphatic carbocycles. The summed E-state index contributed by atoms with van der Waals surface area (Å²) in [6.45, 7) is 2.15. The van der Waals surface area contributed by atoms with Crippen molar-refractivity contribution in [1.29, 1.82) is 0 Å². The highest BCUT2D eigenvalue weighted by Crippen LogP contribution is 2.33. The second kappa shape index (κ2) is 13.0. The number of rotatable bonds is 11. The molecule has 0 saturated carbocycles. The van der Waals surface area contributed by atoms with E-state index < -0.39 is 5.25 Å². The van der Waals surface area contributed by atoms with Crippen molar-refractivity contribution in [3.63, 3.8) is 0 Å². The monoisotopic (exact) mass is 583 g/mol. The minimum absolute atomic E-state index is 0.244. The van der Waals surface area contributed by atoms with Gasteiger partial charge in [0, 0.05) is 11.8 Å². The predicted octanol–water partition coefficient (Wildman–Crippen LogP) is 5.64. The number of amides is 1. The molecule has 0 bridgehead atoms. The number of nitrogens with one attached hydrogen (secondary N) is 1. The first-order valence-electron chi connectivity index (χ1n) is 12.4. The maximum atomic E-state index is 13.8. The van der Waals surface area contributed by atoms with Crippen LogP contribution in [0.4, 0.5) is 5.69 Å². The maximum Gasteiger partial charge on any atom is 0.262 e. The molecule has 4 aromatic rings. The SMILES string of the molecule is CC[C@H](Sc1nc2cc(OC)c(OC)cc2c(=O)n1Cc1ccc(OC)cc1)C(=O)Nc1ccc(OC)c(Cl)c1. The van der Waals surface area contributed by atoms with Crippen LogP contribution < -0.4 is 29.8 Å². The Morgan fingerprint density at radius 3 is 2.23 bits per heavy atom. The Hall–Kier alpha value is -3.89. The number of benzene rings is 3. The minimum atomic E-state index is -0.549. The van der Waals surface area contributed by atoms with E-state index in [0.717, 1.165) is 5.56 Å². The van der Waals surface area contributed by atoms with Crippen LogP contribution in [0.3, 0.4) is 0 Å². The van der Waals surface area contributed by atoms with Gasteiger partial charge >= 0.3 is 0 Å². The molecule has 1 atom stereocenters. The van der Waals surface area contributed by atoms with Gasteiger partial charge in [0.15, 0.2) is 16.7 Å². The van der Waals surface area contributed by atoms with Crippen LogP contribution in [0.25, 0.3) is 10.9 Å². The van der Waals surface area contributed by atoms with Crippen LogP contribution >= 0.6 is 23.4 Å². The van der Waals surface area contributed by atoms with Gasteiger partial charge in [-0.15, -0.1) is 0 Å². The van der Waals surface area contributed by atoms with Crippen molar-refractivity contribution in [3.05, 3.63) is 75.5 Å². The topological polar surface area (TPSA) is 101 Å². The first-order chi connectivity index (χ1) is 19.3. The summed E-state index contributed by atoms with van der Waals surface area (Å²) in [5.74, 6) is 1.85. The molecule has 1 amide bonds. The molecule has 0 aliphatic heterocycles. The van der Waals surface area contributed by atoms with E-state index in [1.54, 1.807) is 42.0 Å². The molecule has 1 aromatic heterocycles. The first kappa shape index (κ1) is 29.1. The highest BCUT2D eigenvalue weighted by Gasteiger charge is 2.23. The van der Waals surface area contributed by atoms with Gasteiger partial charge in [-0.1, -0.05) is 42.4 Å². The summed E-state index contributed by atoms with van der Waals surface area (Å²) in [7, 11) is 6.15. The molecule has 0 fully saturated rings. The van der Waals surface area contributed by atoms with Crippen LogP contribution in [-0.2, 0) is 11.3 Å². The molecule has 210 valence electrons. The molecule has 1 N–H and O–H groups in total. The number of thioether (sulfide) groups is 1. The molecule has 3 aromatic carbocycles. The van der Waals surface area contributed by atoms with E-state index in [9.17, 15) is 9.59 Å². The average molecular weight is 584 g/mol. The van der Waals surface area contributed by atoms with E-state index in [0.29, 0.717) is 56.2 Å². The fraction of sp³-hybridized carbons (Fsp3) is 0.276. The van der Waals surface area contributed by atoms with Crippen LogP contribution in [-0.4, -0.2) is 49.1 Å². The van der Waals surface area contributed by atoms with Gasteiger partial charge in [0.2, 0.25) is 5.91 Å². The Kier molecular flexibility index (Phi) is 9.44. The molecule has 0 radical (unpaired) electrons. The van der Waals surface area contributed by atoms with Crippen molar-refractivity contribution in [2.45, 2.75) is 30.3 Å². The molecule has 11 heteroatoms. The molecular weight excluding hydrogens is 554 g/mol. The Morgan fingerprint density at radius 2 is 1.62 bits per heavy atom. The first-order valence-corrected chi connectivity index (χ1v) is 13.7. The Bertz CT molecular complexity index is 1580. The van der Waals surface area contributed by atoms with Crippen molar-refractivity contribution >= 4 is 45.9 Å². The van der Waals surface area contributed by atoms with Crippen LogP contribution in [0.5, 0.6) is 23.0 Å². The number of methoxy groups -OCH3 is 4. The highest BCUT2D eigenvalue weighted by atomic mass is 35.5. The van der Waals surface area contributed by atoms with Gasteiger partial charge in [-0.25, -0.2) is 4.98 Å². The summed E-state index contributed by atoms with van der Waals surface area (Å²) in [6.07, 6.45) is 0.489. The fourth-order valence-corrected chi connectivity index (χ4v) is 5.36. The number of aromatic nitrogens is 2. The van der Waals surface area contributed by atoms with Gasteiger partial charge in [-0.05, 0) is 48.4 Å². The molecule has 4 rings (SSSR count). The summed E-state index contributed by atoms with van der Waals surface area (Å²) in [6, 6.07) is 15.8. The molecule has 1 heterocycles. The lowest BCUT2D eigenvalue weighted by molar-refractivity contribution is -0.115. The van der Waals surface area contributed by atoms with Gasteiger partial charge in [-0.3, -0.25) is 14.2 Å². The molecule has 0 saturated heterocycles. The number of nitrogens with zero attached hydrogens (tertiary/aromatic N) is 2. The summed E-state index contributed by atoms with van der Waals surface area (Å²) >= 11 is 7.45. The number of anilines is 1. The third kappa shape index (κ3) is 6.29. The van der Waals surface area contributed by atoms with E-state index in [2.05, 4.69) is 5.32 Å². The average Bonchev–Trinajstić information content (AvgIpc) is 2.97. The van der Waals surface area contributed by atoms with Crippen LogP contribution in [0.1, 0.15) is 18.9 Å². The number of carbonyl (C=O) groups excluding carboxylic acids is 1. The second-order valence-electron chi connectivity index (χ2n) is 8.71. The second-order valence-corrected chi connectivity index (χ2v) is 10.3. The summed E-state index contributed by atoms with van der Waals surface area (Å²) in [5.41, 5.74) is 1.58. The molecule has 9 nitrogen and oxygen atoms in total. The van der Waals surface area contributed by atoms with Gasteiger partial charge in [0.05, 0.1) is 56.2 Å². The Morgan fingerprint density at radius 1 is 0.950 bits per heavy atom. The number of hydrogen-bond acceptors (Lipinski definition) is 8. The summed E-state index contributed by atoms with van der Waals surface area (Å²) in [5, 5.41) is 3.52. The normalized spacial score (nSPS) is 11.7. The zero-order chi connectivity index (χ0) is 28.8. The van der Waals surface area contributed by atoms with E-state index in [4.69, 9.17) is 35.5 Å². The fourth-order valence-electron chi connectivity index (χ4n) is 4.09. The van der Waals surface area contributed by atoms with Crippen molar-refractivity contribution < 1.29 is 23.7 Å². The van der Waals surface area contributed by atoms with Gasteiger partial charge in [0.25, 0.3) is 5.56 Å². The van der Waals surface area contributed by atoms with Crippen molar-refractivity contribution in [1.82, 2.24) is 9.55 Å². The van der Waals surface area contributed by atoms with Gasteiger partial charge < -0.3 is 24.3 Å². The molecule has 0 aliphatic rings. The lowest BCUT2D eigenvalue weighted by atomic mass is 10.2. The number of hydrogen-bond donors (Lipinski definition) is 1. The quantitative estimate of drug-likeness (QED) is 0.179. The Labute approximate surface area is 241 Å². The van der Waals surface area contributed by atoms with Gasteiger partial charge in [0.1, 0.15) is 11.5 Å². The van der Waals surface area contributed by atoms with Crippen LogP contribution in [0, 0.1) is 0 Å². The van der Waals surface area contributed by atoms with Gasteiger partial charge in [-0.2, -0.15) is 0 Å². The highest BCUT2D eigenvalue weighted by molar-refractivity contribution is 8.00.